The molecular formula is C18H23N5O3. The van der Waals surface area contributed by atoms with Crippen LogP contribution in [0.25, 0.3) is 11.1 Å². The van der Waals surface area contributed by atoms with Crippen molar-refractivity contribution in [3.8, 4) is 0 Å². The standard InChI is InChI=1S/C18H23N5O3/c1-19-16(24)12-8-13(10-4-5-10)20-17-14(12)15(21-26-17)11-6-7-23(9-11)18(25)22(2)3/h8,10-11H,4-7,9H2,1-3H3,(H,19,24). The number of urea groups is 1. The molecule has 2 fully saturated rings. The van der Waals surface area contributed by atoms with Gasteiger partial charge in [-0.15, -0.1) is 0 Å². The van der Waals surface area contributed by atoms with Gasteiger partial charge in [0, 0.05) is 51.8 Å². The predicted molar refractivity (Wildman–Crippen MR) is 95.2 cm³/mol. The minimum Gasteiger partial charge on any atom is -0.355 e. The summed E-state index contributed by atoms with van der Waals surface area (Å²) in [5.74, 6) is 0.288. The first kappa shape index (κ1) is 16.8. The van der Waals surface area contributed by atoms with E-state index in [1.807, 2.05) is 6.07 Å². The third kappa shape index (κ3) is 2.79. The van der Waals surface area contributed by atoms with E-state index in [0.717, 1.165) is 30.7 Å². The van der Waals surface area contributed by atoms with Gasteiger partial charge in [-0.1, -0.05) is 5.16 Å². The highest BCUT2D eigenvalue weighted by Gasteiger charge is 2.34. The van der Waals surface area contributed by atoms with Crippen molar-refractivity contribution in [3.05, 3.63) is 23.0 Å². The molecule has 1 saturated heterocycles. The van der Waals surface area contributed by atoms with Crippen molar-refractivity contribution in [2.24, 2.45) is 0 Å². The number of likely N-dealkylation sites (tertiary alicyclic amines) is 1. The summed E-state index contributed by atoms with van der Waals surface area (Å²) in [5.41, 5.74) is 2.60. The van der Waals surface area contributed by atoms with Crippen LogP contribution in [0, 0.1) is 0 Å². The monoisotopic (exact) mass is 357 g/mol. The van der Waals surface area contributed by atoms with E-state index < -0.39 is 0 Å². The van der Waals surface area contributed by atoms with Gasteiger partial charge in [-0.25, -0.2) is 9.78 Å². The van der Waals surface area contributed by atoms with Crippen LogP contribution in [0.3, 0.4) is 0 Å². The van der Waals surface area contributed by atoms with E-state index in [-0.39, 0.29) is 17.9 Å². The van der Waals surface area contributed by atoms with E-state index in [0.29, 0.717) is 35.7 Å². The van der Waals surface area contributed by atoms with Crippen molar-refractivity contribution in [2.75, 3.05) is 34.2 Å². The zero-order valence-corrected chi connectivity index (χ0v) is 15.3. The van der Waals surface area contributed by atoms with Crippen molar-refractivity contribution in [1.82, 2.24) is 25.3 Å². The van der Waals surface area contributed by atoms with Crippen LogP contribution < -0.4 is 5.32 Å². The van der Waals surface area contributed by atoms with Gasteiger partial charge in [0.2, 0.25) is 0 Å². The Morgan fingerprint density at radius 2 is 2.04 bits per heavy atom. The molecule has 1 unspecified atom stereocenters. The summed E-state index contributed by atoms with van der Waals surface area (Å²) >= 11 is 0. The lowest BCUT2D eigenvalue weighted by atomic mass is 9.98. The highest BCUT2D eigenvalue weighted by atomic mass is 16.5. The maximum atomic E-state index is 12.5. The molecule has 3 heterocycles. The van der Waals surface area contributed by atoms with E-state index in [1.165, 1.54) is 0 Å². The van der Waals surface area contributed by atoms with Gasteiger partial charge in [0.1, 0.15) is 0 Å². The first-order valence-corrected chi connectivity index (χ1v) is 8.98. The van der Waals surface area contributed by atoms with Crippen molar-refractivity contribution in [2.45, 2.75) is 31.1 Å². The second kappa shape index (κ2) is 6.26. The van der Waals surface area contributed by atoms with Crippen LogP contribution in [0.1, 0.15) is 52.8 Å². The fourth-order valence-corrected chi connectivity index (χ4v) is 3.61. The molecule has 8 nitrogen and oxygen atoms in total. The first-order chi connectivity index (χ1) is 12.5. The van der Waals surface area contributed by atoms with Crippen LogP contribution in [0.15, 0.2) is 10.6 Å². The van der Waals surface area contributed by atoms with Crippen molar-refractivity contribution < 1.29 is 14.1 Å². The molecule has 1 saturated carbocycles. The number of hydrogen-bond acceptors (Lipinski definition) is 5. The van der Waals surface area contributed by atoms with Crippen LogP contribution in [-0.4, -0.2) is 66.1 Å². The Morgan fingerprint density at radius 3 is 2.69 bits per heavy atom. The average molecular weight is 357 g/mol. The van der Waals surface area contributed by atoms with Gasteiger partial charge in [0.15, 0.2) is 0 Å². The molecule has 26 heavy (non-hydrogen) atoms. The van der Waals surface area contributed by atoms with Crippen LogP contribution >= 0.6 is 0 Å². The summed E-state index contributed by atoms with van der Waals surface area (Å²) in [6.07, 6.45) is 2.98. The summed E-state index contributed by atoms with van der Waals surface area (Å²) in [5, 5.41) is 7.63. The summed E-state index contributed by atoms with van der Waals surface area (Å²) in [4.78, 5) is 32.6. The molecule has 0 spiro atoms. The quantitative estimate of drug-likeness (QED) is 0.906. The number of amides is 3. The lowest BCUT2D eigenvalue weighted by Gasteiger charge is -2.21. The van der Waals surface area contributed by atoms with E-state index in [4.69, 9.17) is 4.52 Å². The smallest absolute Gasteiger partial charge is 0.319 e. The van der Waals surface area contributed by atoms with Crippen LogP contribution in [-0.2, 0) is 0 Å². The van der Waals surface area contributed by atoms with Gasteiger partial charge >= 0.3 is 6.03 Å². The highest BCUT2D eigenvalue weighted by molar-refractivity contribution is 6.06. The lowest BCUT2D eigenvalue weighted by molar-refractivity contribution is 0.0964. The molecule has 0 bridgehead atoms. The van der Waals surface area contributed by atoms with E-state index in [1.54, 1.807) is 30.9 Å². The Balaban J connectivity index is 1.72. The van der Waals surface area contributed by atoms with Gasteiger partial charge in [-0.2, -0.15) is 0 Å². The van der Waals surface area contributed by atoms with E-state index in [2.05, 4.69) is 15.5 Å². The maximum Gasteiger partial charge on any atom is 0.319 e. The fourth-order valence-electron chi connectivity index (χ4n) is 3.61. The number of nitrogens with zero attached hydrogens (tertiary/aromatic N) is 4. The number of carbonyl (C=O) groups is 2. The zero-order valence-electron chi connectivity index (χ0n) is 15.3. The van der Waals surface area contributed by atoms with Crippen LogP contribution in [0.2, 0.25) is 0 Å². The average Bonchev–Trinajstić information content (AvgIpc) is 3.22. The Labute approximate surface area is 151 Å². The Bertz CT molecular complexity index is 871. The third-order valence-corrected chi connectivity index (χ3v) is 5.19. The van der Waals surface area contributed by atoms with Crippen molar-refractivity contribution >= 4 is 23.0 Å². The van der Waals surface area contributed by atoms with Crippen molar-refractivity contribution in [1.29, 1.82) is 0 Å². The molecule has 1 atom stereocenters. The normalized spacial score (nSPS) is 19.8. The number of rotatable bonds is 3. The number of pyridine rings is 1. The molecule has 138 valence electrons. The lowest BCUT2D eigenvalue weighted by Crippen LogP contribution is -2.37. The molecule has 2 aromatic rings. The summed E-state index contributed by atoms with van der Waals surface area (Å²) in [6, 6.07) is 1.86. The minimum atomic E-state index is -0.164. The third-order valence-electron chi connectivity index (χ3n) is 5.19. The Hall–Kier alpha value is -2.64. The van der Waals surface area contributed by atoms with Gasteiger partial charge in [0.25, 0.3) is 11.6 Å². The second-order valence-electron chi connectivity index (χ2n) is 7.30. The number of fused-ring (bicyclic) bond motifs is 1. The van der Waals surface area contributed by atoms with Gasteiger partial charge in [-0.05, 0) is 25.3 Å². The molecule has 2 aromatic heterocycles. The van der Waals surface area contributed by atoms with Gasteiger partial charge in [-0.3, -0.25) is 4.79 Å². The summed E-state index contributed by atoms with van der Waals surface area (Å²) < 4.78 is 5.50. The van der Waals surface area contributed by atoms with Crippen LogP contribution in [0.4, 0.5) is 4.79 Å². The highest BCUT2D eigenvalue weighted by Crippen LogP contribution is 2.41. The van der Waals surface area contributed by atoms with Gasteiger partial charge in [0.05, 0.1) is 16.6 Å². The largest absolute Gasteiger partial charge is 0.355 e. The SMILES string of the molecule is CNC(=O)c1cc(C2CC2)nc2onc(C3CCN(C(=O)N(C)C)C3)c12. The molecule has 1 aliphatic carbocycles. The molecule has 1 aliphatic heterocycles. The molecule has 8 heteroatoms. The number of hydrogen-bond donors (Lipinski definition) is 1. The molecule has 3 amide bonds. The number of aromatic nitrogens is 2. The Morgan fingerprint density at radius 1 is 1.27 bits per heavy atom. The number of carbonyl (C=O) groups excluding carboxylic acids is 2. The molecule has 1 N–H and O–H groups in total. The molecule has 4 rings (SSSR count). The molecule has 0 radical (unpaired) electrons. The summed E-state index contributed by atoms with van der Waals surface area (Å²) in [7, 11) is 5.11. The number of nitrogens with one attached hydrogen (secondary N) is 1. The fraction of sp³-hybridized carbons (Fsp3) is 0.556. The zero-order chi connectivity index (χ0) is 18.4. The topological polar surface area (TPSA) is 91.6 Å². The molecule has 0 aromatic carbocycles. The molecular weight excluding hydrogens is 334 g/mol. The second-order valence-corrected chi connectivity index (χ2v) is 7.30. The minimum absolute atomic E-state index is 0.0130. The predicted octanol–water partition coefficient (Wildman–Crippen LogP) is 1.93. The maximum absolute atomic E-state index is 12.5. The van der Waals surface area contributed by atoms with Crippen LogP contribution in [0.5, 0.6) is 0 Å². The van der Waals surface area contributed by atoms with E-state index >= 15 is 0 Å². The van der Waals surface area contributed by atoms with Crippen molar-refractivity contribution in [3.63, 3.8) is 0 Å². The molecule has 2 aliphatic rings. The first-order valence-electron chi connectivity index (χ1n) is 8.98. The Kier molecular flexibility index (Phi) is 4.05. The summed E-state index contributed by atoms with van der Waals surface area (Å²) in [6.45, 7) is 1.23. The van der Waals surface area contributed by atoms with Gasteiger partial charge < -0.3 is 19.6 Å². The van der Waals surface area contributed by atoms with E-state index in [9.17, 15) is 9.59 Å².